The van der Waals surface area contributed by atoms with E-state index in [4.69, 9.17) is 5.11 Å². The Morgan fingerprint density at radius 3 is 2.50 bits per heavy atom. The summed E-state index contributed by atoms with van der Waals surface area (Å²) in [5, 5.41) is 11.0. The standard InChI is InChI=1S/C11H11BrF3NO2/c12-9-4-2-1-3-7(9)5-16-6-8(10(17)18)11(13,14)15/h1-4,8,16H,5-6H2,(H,17,18). The third-order valence-electron chi connectivity index (χ3n) is 2.31. The predicted molar refractivity (Wildman–Crippen MR) is 63.0 cm³/mol. The first kappa shape index (κ1) is 15.0. The van der Waals surface area contributed by atoms with E-state index in [1.54, 1.807) is 24.3 Å². The van der Waals surface area contributed by atoms with Crippen molar-refractivity contribution in [2.24, 2.45) is 5.92 Å². The Kier molecular flexibility index (Phi) is 5.15. The summed E-state index contributed by atoms with van der Waals surface area (Å²) in [5.74, 6) is -4.26. The van der Waals surface area contributed by atoms with Crippen LogP contribution in [0.15, 0.2) is 28.7 Å². The molecule has 2 N–H and O–H groups in total. The van der Waals surface area contributed by atoms with Crippen LogP contribution in [-0.2, 0) is 11.3 Å². The molecule has 1 aromatic carbocycles. The molecule has 0 fully saturated rings. The number of aliphatic carboxylic acids is 1. The van der Waals surface area contributed by atoms with Crippen molar-refractivity contribution in [3.05, 3.63) is 34.3 Å². The smallest absolute Gasteiger partial charge is 0.403 e. The molecular formula is C11H11BrF3NO2. The molecule has 0 saturated carbocycles. The fraction of sp³-hybridized carbons (Fsp3) is 0.364. The Hall–Kier alpha value is -1.08. The topological polar surface area (TPSA) is 49.3 Å². The van der Waals surface area contributed by atoms with Gasteiger partial charge in [-0.1, -0.05) is 34.1 Å². The molecule has 0 aliphatic rings. The van der Waals surface area contributed by atoms with Crippen molar-refractivity contribution in [3.63, 3.8) is 0 Å². The van der Waals surface area contributed by atoms with Crippen LogP contribution in [0.25, 0.3) is 0 Å². The van der Waals surface area contributed by atoms with Gasteiger partial charge >= 0.3 is 12.1 Å². The van der Waals surface area contributed by atoms with Crippen molar-refractivity contribution >= 4 is 21.9 Å². The number of carboxylic acid groups (broad SMARTS) is 1. The third kappa shape index (κ3) is 4.30. The van der Waals surface area contributed by atoms with Crippen LogP contribution in [0.1, 0.15) is 5.56 Å². The minimum atomic E-state index is -4.74. The molecule has 0 aliphatic carbocycles. The van der Waals surface area contributed by atoms with Crippen LogP contribution in [0.3, 0.4) is 0 Å². The summed E-state index contributed by atoms with van der Waals surface area (Å²) in [6, 6.07) is 7.03. The van der Waals surface area contributed by atoms with Gasteiger partial charge in [0.15, 0.2) is 5.92 Å². The number of alkyl halides is 3. The van der Waals surface area contributed by atoms with E-state index in [1.807, 2.05) is 0 Å². The van der Waals surface area contributed by atoms with E-state index in [2.05, 4.69) is 21.2 Å². The van der Waals surface area contributed by atoms with Gasteiger partial charge in [0.1, 0.15) is 0 Å². The van der Waals surface area contributed by atoms with E-state index in [1.165, 1.54) is 0 Å². The van der Waals surface area contributed by atoms with Gasteiger partial charge in [-0.05, 0) is 11.6 Å². The maximum Gasteiger partial charge on any atom is 0.403 e. The molecule has 1 rings (SSSR count). The summed E-state index contributed by atoms with van der Waals surface area (Å²) in [7, 11) is 0. The van der Waals surface area contributed by atoms with Crippen molar-refractivity contribution in [1.29, 1.82) is 0 Å². The van der Waals surface area contributed by atoms with Crippen LogP contribution in [-0.4, -0.2) is 23.8 Å². The van der Waals surface area contributed by atoms with Crippen molar-refractivity contribution in [3.8, 4) is 0 Å². The minimum absolute atomic E-state index is 0.168. The molecule has 0 saturated heterocycles. The SMILES string of the molecule is O=C(O)C(CNCc1ccccc1Br)C(F)(F)F. The predicted octanol–water partition coefficient (Wildman–Crippen LogP) is 2.80. The van der Waals surface area contributed by atoms with Gasteiger partial charge in [-0.15, -0.1) is 0 Å². The summed E-state index contributed by atoms with van der Waals surface area (Å²) in [6.07, 6.45) is -4.74. The Bertz CT molecular complexity index is 423. The van der Waals surface area contributed by atoms with E-state index >= 15 is 0 Å². The van der Waals surface area contributed by atoms with Gasteiger partial charge in [0.25, 0.3) is 0 Å². The second-order valence-corrected chi connectivity index (χ2v) is 4.51. The molecule has 0 bridgehead atoms. The first-order chi connectivity index (χ1) is 8.32. The lowest BCUT2D eigenvalue weighted by Crippen LogP contribution is -2.38. The van der Waals surface area contributed by atoms with Crippen molar-refractivity contribution in [2.45, 2.75) is 12.7 Å². The molecular weight excluding hydrogens is 315 g/mol. The van der Waals surface area contributed by atoms with E-state index in [-0.39, 0.29) is 6.54 Å². The summed E-state index contributed by atoms with van der Waals surface area (Å²) in [5.41, 5.74) is 0.767. The fourth-order valence-electron chi connectivity index (χ4n) is 1.34. The second-order valence-electron chi connectivity index (χ2n) is 3.65. The molecule has 1 unspecified atom stereocenters. The first-order valence-corrected chi connectivity index (χ1v) is 5.85. The van der Waals surface area contributed by atoms with Gasteiger partial charge in [0.2, 0.25) is 0 Å². The average molecular weight is 326 g/mol. The number of halogens is 4. The molecule has 7 heteroatoms. The van der Waals surface area contributed by atoms with E-state index < -0.39 is 24.6 Å². The highest BCUT2D eigenvalue weighted by Gasteiger charge is 2.44. The highest BCUT2D eigenvalue weighted by Crippen LogP contribution is 2.26. The summed E-state index contributed by atoms with van der Waals surface area (Å²) in [6.45, 7) is -0.485. The quantitative estimate of drug-likeness (QED) is 0.875. The van der Waals surface area contributed by atoms with Crippen molar-refractivity contribution in [2.75, 3.05) is 6.54 Å². The summed E-state index contributed by atoms with van der Waals surface area (Å²) < 4.78 is 37.8. The maximum absolute atomic E-state index is 12.3. The molecule has 0 aromatic heterocycles. The van der Waals surface area contributed by atoms with Crippen molar-refractivity contribution < 1.29 is 23.1 Å². The largest absolute Gasteiger partial charge is 0.481 e. The molecule has 3 nitrogen and oxygen atoms in total. The summed E-state index contributed by atoms with van der Waals surface area (Å²) in [4.78, 5) is 10.5. The summed E-state index contributed by atoms with van der Waals surface area (Å²) >= 11 is 3.25. The monoisotopic (exact) mass is 325 g/mol. The van der Waals surface area contributed by atoms with Crippen LogP contribution in [0.2, 0.25) is 0 Å². The van der Waals surface area contributed by atoms with Crippen molar-refractivity contribution in [1.82, 2.24) is 5.32 Å². The number of hydrogen-bond acceptors (Lipinski definition) is 2. The first-order valence-electron chi connectivity index (χ1n) is 5.06. The van der Waals surface area contributed by atoms with Gasteiger partial charge in [-0.2, -0.15) is 13.2 Å². The zero-order valence-electron chi connectivity index (χ0n) is 9.17. The minimum Gasteiger partial charge on any atom is -0.481 e. The highest BCUT2D eigenvalue weighted by atomic mass is 79.9. The Morgan fingerprint density at radius 1 is 1.39 bits per heavy atom. The number of hydrogen-bond donors (Lipinski definition) is 2. The highest BCUT2D eigenvalue weighted by molar-refractivity contribution is 9.10. The lowest BCUT2D eigenvalue weighted by molar-refractivity contribution is -0.192. The molecule has 18 heavy (non-hydrogen) atoms. The number of benzene rings is 1. The number of nitrogens with one attached hydrogen (secondary N) is 1. The molecule has 0 radical (unpaired) electrons. The third-order valence-corrected chi connectivity index (χ3v) is 3.09. The van der Waals surface area contributed by atoms with E-state index in [0.717, 1.165) is 10.0 Å². The number of carboxylic acids is 1. The molecule has 0 spiro atoms. The van der Waals surface area contributed by atoms with Crippen LogP contribution in [0.4, 0.5) is 13.2 Å². The molecule has 0 aliphatic heterocycles. The molecule has 1 atom stereocenters. The Balaban J connectivity index is 2.55. The maximum atomic E-state index is 12.3. The van der Waals surface area contributed by atoms with E-state index in [0.29, 0.717) is 0 Å². The fourth-order valence-corrected chi connectivity index (χ4v) is 1.76. The van der Waals surface area contributed by atoms with Gasteiger partial charge in [-0.3, -0.25) is 4.79 Å². The number of rotatable bonds is 5. The molecule has 0 heterocycles. The lowest BCUT2D eigenvalue weighted by Gasteiger charge is -2.16. The number of carbonyl (C=O) groups is 1. The van der Waals surface area contributed by atoms with Gasteiger partial charge in [-0.25, -0.2) is 0 Å². The zero-order valence-corrected chi connectivity index (χ0v) is 10.8. The second kappa shape index (κ2) is 6.19. The van der Waals surface area contributed by atoms with Crippen LogP contribution < -0.4 is 5.32 Å². The van der Waals surface area contributed by atoms with E-state index in [9.17, 15) is 18.0 Å². The van der Waals surface area contributed by atoms with Crippen LogP contribution in [0.5, 0.6) is 0 Å². The molecule has 0 amide bonds. The Labute approximate surface area is 110 Å². The Morgan fingerprint density at radius 2 is 2.00 bits per heavy atom. The molecule has 1 aromatic rings. The zero-order chi connectivity index (χ0) is 13.8. The van der Waals surface area contributed by atoms with Crippen LogP contribution >= 0.6 is 15.9 Å². The normalized spacial score (nSPS) is 13.3. The van der Waals surface area contributed by atoms with Gasteiger partial charge < -0.3 is 10.4 Å². The molecule has 100 valence electrons. The van der Waals surface area contributed by atoms with Crippen LogP contribution in [0, 0.1) is 5.92 Å². The average Bonchev–Trinajstić information content (AvgIpc) is 2.24. The van der Waals surface area contributed by atoms with Gasteiger partial charge in [0.05, 0.1) is 0 Å². The van der Waals surface area contributed by atoms with Gasteiger partial charge in [0, 0.05) is 17.6 Å². The lowest BCUT2D eigenvalue weighted by atomic mass is 10.1.